The maximum Gasteiger partial charge on any atom is 0.249 e. The van der Waals surface area contributed by atoms with Crippen LogP contribution in [0.15, 0.2) is 55.1 Å². The smallest absolute Gasteiger partial charge is 0.249 e. The highest BCUT2D eigenvalue weighted by Crippen LogP contribution is 2.31. The Morgan fingerprint density at radius 1 is 1.10 bits per heavy atom. The highest BCUT2D eigenvalue weighted by Gasteiger charge is 2.19. The minimum Gasteiger partial charge on any atom is -0.394 e. The van der Waals surface area contributed by atoms with Crippen LogP contribution in [-0.4, -0.2) is 80.4 Å². The highest BCUT2D eigenvalue weighted by molar-refractivity contribution is 6.01. The van der Waals surface area contributed by atoms with Crippen LogP contribution in [0.2, 0.25) is 0 Å². The minimum absolute atomic E-state index is 0.00825. The summed E-state index contributed by atoms with van der Waals surface area (Å²) in [6, 6.07) is 8.50. The average Bonchev–Trinajstić information content (AvgIpc) is 3.42. The van der Waals surface area contributed by atoms with Gasteiger partial charge in [0.15, 0.2) is 0 Å². The van der Waals surface area contributed by atoms with Crippen molar-refractivity contribution in [2.45, 2.75) is 20.0 Å². The van der Waals surface area contributed by atoms with Crippen LogP contribution in [0.5, 0.6) is 0 Å². The zero-order valence-electron chi connectivity index (χ0n) is 23.6. The number of anilines is 2. The number of benzene rings is 2. The van der Waals surface area contributed by atoms with E-state index in [1.807, 2.05) is 13.0 Å². The number of aryl methyl sites for hydroxylation is 1. The van der Waals surface area contributed by atoms with Crippen LogP contribution in [0.25, 0.3) is 11.1 Å². The van der Waals surface area contributed by atoms with E-state index >= 15 is 4.39 Å². The summed E-state index contributed by atoms with van der Waals surface area (Å²) < 4.78 is 17.0. The minimum atomic E-state index is -0.615. The van der Waals surface area contributed by atoms with E-state index in [9.17, 15) is 4.79 Å². The zero-order valence-corrected chi connectivity index (χ0v) is 23.6. The van der Waals surface area contributed by atoms with Crippen LogP contribution in [0.1, 0.15) is 32.6 Å². The van der Waals surface area contributed by atoms with Gasteiger partial charge in [-0.1, -0.05) is 30.0 Å². The summed E-state index contributed by atoms with van der Waals surface area (Å²) in [7, 11) is 2.09. The molecule has 42 heavy (non-hydrogen) atoms. The predicted octanol–water partition coefficient (Wildman–Crippen LogP) is 2.77. The number of nitrogens with two attached hydrogens (primary N) is 1. The fourth-order valence-corrected chi connectivity index (χ4v) is 4.82. The number of rotatable bonds is 8. The average molecular weight is 569 g/mol. The molecule has 0 aliphatic carbocycles. The van der Waals surface area contributed by atoms with Gasteiger partial charge in [0.2, 0.25) is 11.9 Å². The van der Waals surface area contributed by atoms with E-state index in [2.05, 4.69) is 49.1 Å². The number of hydrogen-bond acceptors (Lipinski definition) is 8. The number of aromatic nitrogens is 4. The molecule has 0 unspecified atom stereocenters. The summed E-state index contributed by atoms with van der Waals surface area (Å²) in [5.41, 5.74) is 10.3. The number of aliphatic hydroxyl groups is 1. The first-order chi connectivity index (χ1) is 20.3. The lowest BCUT2D eigenvalue weighted by Crippen LogP contribution is -2.44. The van der Waals surface area contributed by atoms with Gasteiger partial charge >= 0.3 is 0 Å². The lowest BCUT2D eigenvalue weighted by Gasteiger charge is -2.32. The molecule has 216 valence electrons. The van der Waals surface area contributed by atoms with Crippen molar-refractivity contribution >= 4 is 17.5 Å². The van der Waals surface area contributed by atoms with Crippen LogP contribution < -0.4 is 11.1 Å². The molecule has 5 rings (SSSR count). The van der Waals surface area contributed by atoms with Crippen molar-refractivity contribution in [1.82, 2.24) is 29.5 Å². The molecule has 4 aromatic rings. The van der Waals surface area contributed by atoms with Crippen LogP contribution in [0.4, 0.5) is 16.0 Å². The van der Waals surface area contributed by atoms with Gasteiger partial charge in [-0.2, -0.15) is 5.10 Å². The SMILES string of the molecule is Cc1ccc(C(N)=O)c(-c2ccc(CN3CCN(C)CC3)c(F)c2)c1C#Cc1cnc(Nc2cnn(CCO)c2)nc1. The van der Waals surface area contributed by atoms with Crippen LogP contribution >= 0.6 is 0 Å². The Bertz CT molecular complexity index is 1630. The molecule has 1 aliphatic heterocycles. The first kappa shape index (κ1) is 28.9. The molecular weight excluding hydrogens is 535 g/mol. The first-order valence-electron chi connectivity index (χ1n) is 13.7. The maximum absolute atomic E-state index is 15.4. The van der Waals surface area contributed by atoms with E-state index in [0.717, 1.165) is 31.7 Å². The summed E-state index contributed by atoms with van der Waals surface area (Å²) in [5.74, 6) is 5.64. The highest BCUT2D eigenvalue weighted by atomic mass is 19.1. The fraction of sp³-hybridized carbons (Fsp3) is 0.290. The molecule has 10 nitrogen and oxygen atoms in total. The monoisotopic (exact) mass is 568 g/mol. The molecule has 2 aromatic heterocycles. The third-order valence-corrected chi connectivity index (χ3v) is 7.21. The van der Waals surface area contributed by atoms with Crippen molar-refractivity contribution in [1.29, 1.82) is 0 Å². The number of piperazine rings is 1. The van der Waals surface area contributed by atoms with E-state index in [1.54, 1.807) is 47.7 Å². The van der Waals surface area contributed by atoms with Gasteiger partial charge < -0.3 is 21.1 Å². The van der Waals surface area contributed by atoms with Crippen molar-refractivity contribution in [3.8, 4) is 23.0 Å². The molecule has 2 aromatic carbocycles. The molecule has 1 amide bonds. The van der Waals surface area contributed by atoms with Crippen molar-refractivity contribution < 1.29 is 14.3 Å². The van der Waals surface area contributed by atoms with E-state index in [4.69, 9.17) is 10.8 Å². The van der Waals surface area contributed by atoms with E-state index in [-0.39, 0.29) is 18.0 Å². The van der Waals surface area contributed by atoms with Crippen LogP contribution in [0, 0.1) is 24.6 Å². The third-order valence-electron chi connectivity index (χ3n) is 7.21. The lowest BCUT2D eigenvalue weighted by molar-refractivity contribution is 0.100. The Morgan fingerprint density at radius 3 is 2.55 bits per heavy atom. The van der Waals surface area contributed by atoms with E-state index in [1.165, 1.54) is 6.07 Å². The Kier molecular flexibility index (Phi) is 8.88. The largest absolute Gasteiger partial charge is 0.394 e. The number of aliphatic hydroxyl groups excluding tert-OH is 1. The molecule has 1 saturated heterocycles. The fourth-order valence-electron chi connectivity index (χ4n) is 4.82. The molecular formula is C31H33FN8O2. The number of likely N-dealkylation sites (N-methyl/N-ethyl adjacent to an activating group) is 1. The molecule has 0 radical (unpaired) electrons. The van der Waals surface area contributed by atoms with Gasteiger partial charge in [-0.3, -0.25) is 14.4 Å². The second-order valence-electron chi connectivity index (χ2n) is 10.3. The number of amides is 1. The third kappa shape index (κ3) is 6.80. The molecule has 3 heterocycles. The van der Waals surface area contributed by atoms with Gasteiger partial charge in [-0.15, -0.1) is 0 Å². The number of halogens is 1. The van der Waals surface area contributed by atoms with E-state index in [0.29, 0.717) is 52.5 Å². The molecule has 11 heteroatoms. The second-order valence-corrected chi connectivity index (χ2v) is 10.3. The van der Waals surface area contributed by atoms with Crippen molar-refractivity contribution in [3.05, 3.63) is 88.8 Å². The van der Waals surface area contributed by atoms with Crippen molar-refractivity contribution in [2.75, 3.05) is 45.2 Å². The number of hydrogen-bond donors (Lipinski definition) is 3. The number of nitrogens with one attached hydrogen (secondary N) is 1. The van der Waals surface area contributed by atoms with Gasteiger partial charge in [0.05, 0.1) is 30.6 Å². The zero-order chi connectivity index (χ0) is 29.6. The molecule has 1 aliphatic rings. The predicted molar refractivity (Wildman–Crippen MR) is 158 cm³/mol. The van der Waals surface area contributed by atoms with Gasteiger partial charge in [-0.05, 0) is 37.2 Å². The Labute approximate surface area is 244 Å². The van der Waals surface area contributed by atoms with Gasteiger partial charge in [0.25, 0.3) is 0 Å². The summed E-state index contributed by atoms with van der Waals surface area (Å²) in [5, 5.41) is 16.2. The number of nitrogens with zero attached hydrogens (tertiary/aromatic N) is 6. The second kappa shape index (κ2) is 12.9. The first-order valence-corrected chi connectivity index (χ1v) is 13.7. The maximum atomic E-state index is 15.4. The van der Waals surface area contributed by atoms with Crippen molar-refractivity contribution in [3.63, 3.8) is 0 Å². The number of primary amides is 1. The Balaban J connectivity index is 1.41. The van der Waals surface area contributed by atoms with Crippen LogP contribution in [-0.2, 0) is 13.1 Å². The topological polar surface area (TPSA) is 125 Å². The number of carbonyl (C=O) groups excluding carboxylic acids is 1. The van der Waals surface area contributed by atoms with E-state index < -0.39 is 5.91 Å². The molecule has 0 spiro atoms. The summed E-state index contributed by atoms with van der Waals surface area (Å²) in [6.07, 6.45) is 6.52. The summed E-state index contributed by atoms with van der Waals surface area (Å²) in [6.45, 7) is 6.47. The molecule has 0 saturated carbocycles. The van der Waals surface area contributed by atoms with Gasteiger partial charge in [0, 0.05) is 73.6 Å². The Hall–Kier alpha value is -4.63. The quantitative estimate of drug-likeness (QED) is 0.277. The lowest BCUT2D eigenvalue weighted by atomic mass is 9.90. The molecule has 0 bridgehead atoms. The van der Waals surface area contributed by atoms with Crippen LogP contribution in [0.3, 0.4) is 0 Å². The Morgan fingerprint density at radius 2 is 1.86 bits per heavy atom. The molecule has 4 N–H and O–H groups in total. The van der Waals surface area contributed by atoms with Crippen molar-refractivity contribution in [2.24, 2.45) is 5.73 Å². The number of carbonyl (C=O) groups is 1. The summed E-state index contributed by atoms with van der Waals surface area (Å²) in [4.78, 5) is 25.6. The standard InChI is InChI=1S/C31H33FN8O2/c1-21-3-7-27(30(33)42)29(23-5-6-24(28(32)15-23)19-39-11-9-38(2)10-12-39)26(21)8-4-22-16-34-31(35-17-22)37-25-18-36-40(20-25)13-14-41/h3,5-7,15-18,20,41H,9-14,19H2,1-2H3,(H2,33,42)(H,34,35,37). The molecule has 0 atom stereocenters. The van der Waals surface area contributed by atoms with Gasteiger partial charge in [-0.25, -0.2) is 14.4 Å². The molecule has 1 fully saturated rings. The normalized spacial score (nSPS) is 13.9. The summed E-state index contributed by atoms with van der Waals surface area (Å²) >= 11 is 0. The van der Waals surface area contributed by atoms with Gasteiger partial charge in [0.1, 0.15) is 5.82 Å².